The van der Waals surface area contributed by atoms with Crippen molar-refractivity contribution in [2.75, 3.05) is 11.9 Å². The molecule has 1 aromatic rings. The molecule has 1 N–H and O–H groups in total. The molecule has 0 aromatic heterocycles. The molecule has 0 bridgehead atoms. The summed E-state index contributed by atoms with van der Waals surface area (Å²) in [6, 6.07) is 5.55. The van der Waals surface area contributed by atoms with Crippen molar-refractivity contribution >= 4 is 17.6 Å². The second-order valence-electron chi connectivity index (χ2n) is 5.76. The van der Waals surface area contributed by atoms with Crippen molar-refractivity contribution in [2.24, 2.45) is 0 Å². The Labute approximate surface area is 137 Å². The molecule has 23 heavy (non-hydrogen) atoms. The fourth-order valence-electron chi connectivity index (χ4n) is 2.50. The molecule has 1 heterocycles. The summed E-state index contributed by atoms with van der Waals surface area (Å²) in [5.41, 5.74) is 1.86. The highest BCUT2D eigenvalue weighted by Gasteiger charge is 2.21. The average Bonchev–Trinajstić information content (AvgIpc) is 2.56. The number of esters is 1. The van der Waals surface area contributed by atoms with Gasteiger partial charge >= 0.3 is 5.97 Å². The number of ether oxygens (including phenoxy) is 2. The van der Waals surface area contributed by atoms with Crippen LogP contribution >= 0.6 is 0 Å². The molecular weight excluding hydrogens is 294 g/mol. The van der Waals surface area contributed by atoms with E-state index < -0.39 is 6.10 Å². The number of fused-ring (bicyclic) bond motifs is 1. The zero-order valence-corrected chi connectivity index (χ0v) is 13.9. The summed E-state index contributed by atoms with van der Waals surface area (Å²) in [6.45, 7) is 4.43. The molecule has 0 radical (unpaired) electrons. The van der Waals surface area contributed by atoms with Gasteiger partial charge in [-0.15, -0.1) is 0 Å². The van der Waals surface area contributed by atoms with Crippen LogP contribution in [0.15, 0.2) is 18.2 Å². The Kier molecular flexibility index (Phi) is 6.44. The number of amides is 1. The largest absolute Gasteiger partial charge is 0.479 e. The lowest BCUT2D eigenvalue weighted by atomic mass is 10.0. The van der Waals surface area contributed by atoms with Gasteiger partial charge in [0.25, 0.3) is 0 Å². The van der Waals surface area contributed by atoms with Crippen LogP contribution in [-0.2, 0) is 20.7 Å². The van der Waals surface area contributed by atoms with Crippen molar-refractivity contribution in [3.8, 4) is 5.75 Å². The minimum atomic E-state index is -0.617. The van der Waals surface area contributed by atoms with Crippen molar-refractivity contribution in [3.63, 3.8) is 0 Å². The highest BCUT2D eigenvalue weighted by atomic mass is 16.6. The fraction of sp³-hybridized carbons (Fsp3) is 0.556. The monoisotopic (exact) mass is 319 g/mol. The van der Waals surface area contributed by atoms with Crippen LogP contribution < -0.4 is 10.1 Å². The first kappa shape index (κ1) is 17.3. The SMILES string of the molecule is CCCCCOC(=O)C(CC)Oc1ccc2c(c1)NC(=O)CC2. The molecule has 1 atom stereocenters. The molecule has 1 aliphatic rings. The van der Waals surface area contributed by atoms with E-state index in [1.807, 2.05) is 19.1 Å². The first-order chi connectivity index (χ1) is 11.1. The van der Waals surface area contributed by atoms with Crippen LogP contribution in [0.1, 0.15) is 51.5 Å². The van der Waals surface area contributed by atoms with Gasteiger partial charge in [-0.2, -0.15) is 0 Å². The second-order valence-corrected chi connectivity index (χ2v) is 5.76. The van der Waals surface area contributed by atoms with Gasteiger partial charge in [-0.1, -0.05) is 32.8 Å². The molecule has 126 valence electrons. The molecule has 1 aliphatic heterocycles. The summed E-state index contributed by atoms with van der Waals surface area (Å²) in [5, 5.41) is 2.83. The predicted molar refractivity (Wildman–Crippen MR) is 88.6 cm³/mol. The fourth-order valence-corrected chi connectivity index (χ4v) is 2.50. The van der Waals surface area contributed by atoms with E-state index >= 15 is 0 Å². The molecule has 0 aliphatic carbocycles. The average molecular weight is 319 g/mol. The van der Waals surface area contributed by atoms with E-state index in [1.54, 1.807) is 6.07 Å². The molecule has 0 saturated heterocycles. The lowest BCUT2D eigenvalue weighted by Crippen LogP contribution is -2.29. The van der Waals surface area contributed by atoms with Crippen LogP contribution in [-0.4, -0.2) is 24.6 Å². The first-order valence-corrected chi connectivity index (χ1v) is 8.40. The normalized spacial score (nSPS) is 14.6. The Hall–Kier alpha value is -2.04. The Morgan fingerprint density at radius 2 is 2.09 bits per heavy atom. The third-order valence-electron chi connectivity index (χ3n) is 3.88. The lowest BCUT2D eigenvalue weighted by molar-refractivity contribution is -0.152. The molecule has 1 amide bonds. The van der Waals surface area contributed by atoms with Crippen LogP contribution in [0.25, 0.3) is 0 Å². The van der Waals surface area contributed by atoms with Gasteiger partial charge in [0.2, 0.25) is 5.91 Å². The highest BCUT2D eigenvalue weighted by Crippen LogP contribution is 2.28. The maximum Gasteiger partial charge on any atom is 0.347 e. The van der Waals surface area contributed by atoms with Crippen molar-refractivity contribution in [3.05, 3.63) is 23.8 Å². The molecule has 0 saturated carbocycles. The third-order valence-corrected chi connectivity index (χ3v) is 3.88. The zero-order chi connectivity index (χ0) is 16.7. The summed E-state index contributed by atoms with van der Waals surface area (Å²) in [6.07, 6.45) is 4.18. The number of hydrogen-bond donors (Lipinski definition) is 1. The Morgan fingerprint density at radius 1 is 1.26 bits per heavy atom. The first-order valence-electron chi connectivity index (χ1n) is 8.40. The van der Waals surface area contributed by atoms with Gasteiger partial charge in [0.05, 0.1) is 6.61 Å². The number of nitrogens with one attached hydrogen (secondary N) is 1. The summed E-state index contributed by atoms with van der Waals surface area (Å²) in [5.74, 6) is 0.255. The summed E-state index contributed by atoms with van der Waals surface area (Å²) < 4.78 is 11.0. The van der Waals surface area contributed by atoms with Gasteiger partial charge in [-0.3, -0.25) is 4.79 Å². The minimum Gasteiger partial charge on any atom is -0.479 e. The number of rotatable bonds is 8. The van der Waals surface area contributed by atoms with E-state index in [-0.39, 0.29) is 11.9 Å². The van der Waals surface area contributed by atoms with Crippen LogP contribution in [0, 0.1) is 0 Å². The molecule has 5 nitrogen and oxygen atoms in total. The lowest BCUT2D eigenvalue weighted by Gasteiger charge is -2.20. The highest BCUT2D eigenvalue weighted by molar-refractivity contribution is 5.94. The summed E-state index contributed by atoms with van der Waals surface area (Å²) in [4.78, 5) is 23.5. The summed E-state index contributed by atoms with van der Waals surface area (Å²) >= 11 is 0. The molecule has 1 unspecified atom stereocenters. The van der Waals surface area contributed by atoms with E-state index in [2.05, 4.69) is 12.2 Å². The van der Waals surface area contributed by atoms with E-state index in [0.29, 0.717) is 25.2 Å². The molecule has 5 heteroatoms. The summed E-state index contributed by atoms with van der Waals surface area (Å²) in [7, 11) is 0. The van der Waals surface area contributed by atoms with Gasteiger partial charge in [0.15, 0.2) is 6.10 Å². The standard InChI is InChI=1S/C18H25NO4/c1-3-5-6-11-22-18(21)16(4-2)23-14-9-7-13-8-10-17(20)19-15(13)12-14/h7,9,12,16H,3-6,8,10-11H2,1-2H3,(H,19,20). The van der Waals surface area contributed by atoms with Gasteiger partial charge in [0, 0.05) is 18.2 Å². The number of aryl methyl sites for hydroxylation is 1. The minimum absolute atomic E-state index is 0.0111. The van der Waals surface area contributed by atoms with Gasteiger partial charge in [-0.05, 0) is 30.9 Å². The zero-order valence-electron chi connectivity index (χ0n) is 13.9. The Morgan fingerprint density at radius 3 is 2.83 bits per heavy atom. The molecular formula is C18H25NO4. The van der Waals surface area contributed by atoms with E-state index in [9.17, 15) is 9.59 Å². The van der Waals surface area contributed by atoms with Crippen molar-refractivity contribution in [1.29, 1.82) is 0 Å². The van der Waals surface area contributed by atoms with Crippen molar-refractivity contribution < 1.29 is 19.1 Å². The topological polar surface area (TPSA) is 64.6 Å². The quantitative estimate of drug-likeness (QED) is 0.588. The molecule has 1 aromatic carbocycles. The van der Waals surface area contributed by atoms with E-state index in [0.717, 1.165) is 36.9 Å². The van der Waals surface area contributed by atoms with Crippen molar-refractivity contribution in [1.82, 2.24) is 0 Å². The number of hydrogen-bond acceptors (Lipinski definition) is 4. The maximum absolute atomic E-state index is 12.1. The van der Waals surface area contributed by atoms with Crippen LogP contribution in [0.5, 0.6) is 5.75 Å². The number of unbranched alkanes of at least 4 members (excludes halogenated alkanes) is 2. The smallest absolute Gasteiger partial charge is 0.347 e. The van der Waals surface area contributed by atoms with E-state index in [1.165, 1.54) is 0 Å². The van der Waals surface area contributed by atoms with Gasteiger partial charge in [0.1, 0.15) is 5.75 Å². The number of carbonyl (C=O) groups is 2. The number of carbonyl (C=O) groups excluding carboxylic acids is 2. The van der Waals surface area contributed by atoms with Crippen LogP contribution in [0.2, 0.25) is 0 Å². The van der Waals surface area contributed by atoms with Gasteiger partial charge < -0.3 is 14.8 Å². The maximum atomic E-state index is 12.1. The Bertz CT molecular complexity index is 556. The van der Waals surface area contributed by atoms with E-state index in [4.69, 9.17) is 9.47 Å². The number of anilines is 1. The van der Waals surface area contributed by atoms with Crippen LogP contribution in [0.3, 0.4) is 0 Å². The molecule has 2 rings (SSSR count). The number of benzene rings is 1. The van der Waals surface area contributed by atoms with Crippen molar-refractivity contribution in [2.45, 2.75) is 58.5 Å². The second kappa shape index (κ2) is 8.56. The predicted octanol–water partition coefficient (Wildman–Crippen LogP) is 3.46. The third kappa shape index (κ3) is 4.98. The van der Waals surface area contributed by atoms with Crippen LogP contribution in [0.4, 0.5) is 5.69 Å². The van der Waals surface area contributed by atoms with Gasteiger partial charge in [-0.25, -0.2) is 4.79 Å². The molecule has 0 fully saturated rings. The Balaban J connectivity index is 1.94. The molecule has 0 spiro atoms.